The highest BCUT2D eigenvalue weighted by Crippen LogP contribution is 2.39. The lowest BCUT2D eigenvalue weighted by molar-refractivity contribution is 0.0954. The molecule has 0 aliphatic carbocycles. The Morgan fingerprint density at radius 2 is 1.80 bits per heavy atom. The van der Waals surface area contributed by atoms with Crippen LogP contribution in [0.2, 0.25) is 0 Å². The molecule has 3 heterocycles. The van der Waals surface area contributed by atoms with Gasteiger partial charge in [-0.05, 0) is 36.6 Å². The second-order valence-electron chi connectivity index (χ2n) is 8.24. The molecule has 176 valence electrons. The number of ether oxygens (including phenoxy) is 1. The molecule has 0 spiro atoms. The van der Waals surface area contributed by atoms with Crippen LogP contribution in [0, 0.1) is 0 Å². The molecule has 0 fully saturated rings. The SMILES string of the molecule is COc1c(C(=O)NCCCc2ccccc2)sc2c1c(=O)n(Cc1ccccn1)c1ccccc21. The summed E-state index contributed by atoms with van der Waals surface area (Å²) in [5.41, 5.74) is 2.63. The van der Waals surface area contributed by atoms with Crippen molar-refractivity contribution < 1.29 is 9.53 Å². The fourth-order valence-corrected chi connectivity index (χ4v) is 5.53. The third-order valence-corrected chi connectivity index (χ3v) is 7.19. The molecule has 5 aromatic rings. The Hall–Kier alpha value is -3.97. The lowest BCUT2D eigenvalue weighted by atomic mass is 10.1. The van der Waals surface area contributed by atoms with Gasteiger partial charge in [-0.15, -0.1) is 11.3 Å². The lowest BCUT2D eigenvalue weighted by Gasteiger charge is -2.11. The van der Waals surface area contributed by atoms with Gasteiger partial charge in [0.25, 0.3) is 11.5 Å². The largest absolute Gasteiger partial charge is 0.494 e. The predicted molar refractivity (Wildman–Crippen MR) is 141 cm³/mol. The molecule has 2 aromatic carbocycles. The first-order valence-corrected chi connectivity index (χ1v) is 12.3. The maximum absolute atomic E-state index is 13.7. The third kappa shape index (κ3) is 4.55. The van der Waals surface area contributed by atoms with E-state index in [1.807, 2.05) is 60.7 Å². The molecule has 0 saturated carbocycles. The number of hydrogen-bond donors (Lipinski definition) is 1. The Kier molecular flexibility index (Phi) is 6.59. The van der Waals surface area contributed by atoms with E-state index in [4.69, 9.17) is 4.74 Å². The number of amides is 1. The first-order valence-electron chi connectivity index (χ1n) is 11.5. The van der Waals surface area contributed by atoms with Gasteiger partial charge in [-0.2, -0.15) is 0 Å². The van der Waals surface area contributed by atoms with Gasteiger partial charge in [0.2, 0.25) is 0 Å². The predicted octanol–water partition coefficient (Wildman–Crippen LogP) is 5.03. The van der Waals surface area contributed by atoms with Crippen molar-refractivity contribution >= 4 is 38.2 Å². The molecule has 0 bridgehead atoms. The summed E-state index contributed by atoms with van der Waals surface area (Å²) in [5, 5.41) is 4.34. The molecule has 1 amide bonds. The van der Waals surface area contributed by atoms with E-state index in [0.29, 0.717) is 29.1 Å². The second kappa shape index (κ2) is 10.1. The molecule has 1 N–H and O–H groups in total. The van der Waals surface area contributed by atoms with Crippen molar-refractivity contribution in [1.82, 2.24) is 14.9 Å². The Bertz CT molecular complexity index is 1540. The molecular formula is C28H25N3O3S. The van der Waals surface area contributed by atoms with Crippen molar-refractivity contribution in [2.45, 2.75) is 19.4 Å². The van der Waals surface area contributed by atoms with Crippen LogP contribution in [-0.4, -0.2) is 29.1 Å². The van der Waals surface area contributed by atoms with Gasteiger partial charge in [0, 0.05) is 18.1 Å². The number of carbonyl (C=O) groups is 1. The normalized spacial score (nSPS) is 11.1. The monoisotopic (exact) mass is 483 g/mol. The van der Waals surface area contributed by atoms with E-state index < -0.39 is 0 Å². The number of para-hydroxylation sites is 1. The van der Waals surface area contributed by atoms with Crippen molar-refractivity contribution in [2.75, 3.05) is 13.7 Å². The standard InChI is InChI=1S/C28H25N3O3S/c1-34-24-23-25(35-26(24)27(32)30-17-9-12-19-10-3-2-4-11-19)21-14-5-6-15-22(21)31(28(23)33)18-20-13-7-8-16-29-20/h2-8,10-11,13-16H,9,12,17-18H2,1H3,(H,30,32). The maximum Gasteiger partial charge on any atom is 0.265 e. The number of aromatic nitrogens is 2. The van der Waals surface area contributed by atoms with Crippen LogP contribution in [0.5, 0.6) is 5.75 Å². The maximum atomic E-state index is 13.7. The number of nitrogens with zero attached hydrogens (tertiary/aromatic N) is 2. The van der Waals surface area contributed by atoms with Crippen molar-refractivity contribution in [2.24, 2.45) is 0 Å². The summed E-state index contributed by atoms with van der Waals surface area (Å²) in [4.78, 5) is 31.6. The van der Waals surface area contributed by atoms with E-state index in [1.54, 1.807) is 10.8 Å². The zero-order chi connectivity index (χ0) is 24.2. The molecule has 3 aromatic heterocycles. The van der Waals surface area contributed by atoms with E-state index in [0.717, 1.165) is 34.1 Å². The molecule has 0 aliphatic rings. The van der Waals surface area contributed by atoms with E-state index in [9.17, 15) is 9.59 Å². The first-order chi connectivity index (χ1) is 17.2. The minimum Gasteiger partial charge on any atom is -0.494 e. The van der Waals surface area contributed by atoms with Crippen LogP contribution in [0.3, 0.4) is 0 Å². The molecule has 0 radical (unpaired) electrons. The van der Waals surface area contributed by atoms with E-state index in [2.05, 4.69) is 22.4 Å². The highest BCUT2D eigenvalue weighted by molar-refractivity contribution is 7.22. The van der Waals surface area contributed by atoms with Gasteiger partial charge in [0.05, 0.1) is 29.6 Å². The number of fused-ring (bicyclic) bond motifs is 3. The summed E-state index contributed by atoms with van der Waals surface area (Å²) in [5.74, 6) is 0.104. The van der Waals surface area contributed by atoms with Crippen LogP contribution < -0.4 is 15.6 Å². The summed E-state index contributed by atoms with van der Waals surface area (Å²) in [6, 6.07) is 23.6. The number of pyridine rings is 2. The van der Waals surface area contributed by atoms with Crippen LogP contribution in [0.15, 0.2) is 83.8 Å². The summed E-state index contributed by atoms with van der Waals surface area (Å²) < 4.78 is 8.11. The fourth-order valence-electron chi connectivity index (χ4n) is 4.32. The molecule has 35 heavy (non-hydrogen) atoms. The molecule has 0 atom stereocenters. The van der Waals surface area contributed by atoms with Gasteiger partial charge < -0.3 is 14.6 Å². The van der Waals surface area contributed by atoms with Crippen LogP contribution in [0.4, 0.5) is 0 Å². The number of hydrogen-bond acceptors (Lipinski definition) is 5. The molecule has 6 nitrogen and oxygen atoms in total. The number of aryl methyl sites for hydroxylation is 1. The van der Waals surface area contributed by atoms with Crippen molar-refractivity contribution in [3.05, 3.63) is 105 Å². The van der Waals surface area contributed by atoms with Gasteiger partial charge in [-0.25, -0.2) is 0 Å². The van der Waals surface area contributed by atoms with Crippen molar-refractivity contribution in [1.29, 1.82) is 0 Å². The quantitative estimate of drug-likeness (QED) is 0.314. The van der Waals surface area contributed by atoms with Crippen LogP contribution in [0.1, 0.15) is 27.3 Å². The average Bonchev–Trinajstić information content (AvgIpc) is 3.30. The molecule has 7 heteroatoms. The average molecular weight is 484 g/mol. The topological polar surface area (TPSA) is 73.2 Å². The highest BCUT2D eigenvalue weighted by Gasteiger charge is 2.24. The summed E-state index contributed by atoms with van der Waals surface area (Å²) in [7, 11) is 1.51. The summed E-state index contributed by atoms with van der Waals surface area (Å²) in [6.07, 6.45) is 3.42. The Labute approximate surface area is 206 Å². The number of benzene rings is 2. The van der Waals surface area contributed by atoms with Crippen LogP contribution >= 0.6 is 11.3 Å². The second-order valence-corrected chi connectivity index (χ2v) is 9.26. The summed E-state index contributed by atoms with van der Waals surface area (Å²) in [6.45, 7) is 0.867. The fraction of sp³-hybridized carbons (Fsp3) is 0.179. The van der Waals surface area contributed by atoms with Gasteiger partial charge in [0.1, 0.15) is 10.3 Å². The molecule has 0 saturated heterocycles. The van der Waals surface area contributed by atoms with Gasteiger partial charge >= 0.3 is 0 Å². The molecule has 0 aliphatic heterocycles. The van der Waals surface area contributed by atoms with Crippen LogP contribution in [-0.2, 0) is 13.0 Å². The minimum atomic E-state index is -0.226. The Balaban J connectivity index is 1.50. The number of thiophene rings is 1. The van der Waals surface area contributed by atoms with Crippen LogP contribution in [0.25, 0.3) is 21.0 Å². The number of nitrogens with one attached hydrogen (secondary N) is 1. The molecule has 0 unspecified atom stereocenters. The van der Waals surface area contributed by atoms with Gasteiger partial charge in [0.15, 0.2) is 5.75 Å². The zero-order valence-corrected chi connectivity index (χ0v) is 20.2. The number of rotatable bonds is 8. The minimum absolute atomic E-state index is 0.194. The number of methoxy groups -OCH3 is 1. The third-order valence-electron chi connectivity index (χ3n) is 5.99. The lowest BCUT2D eigenvalue weighted by Crippen LogP contribution is -2.24. The Morgan fingerprint density at radius 1 is 1.03 bits per heavy atom. The van der Waals surface area contributed by atoms with E-state index in [1.165, 1.54) is 24.0 Å². The zero-order valence-electron chi connectivity index (χ0n) is 19.4. The summed E-state index contributed by atoms with van der Waals surface area (Å²) >= 11 is 1.30. The Morgan fingerprint density at radius 3 is 2.57 bits per heavy atom. The van der Waals surface area contributed by atoms with Gasteiger partial charge in [-0.3, -0.25) is 14.6 Å². The number of carbonyl (C=O) groups excluding carboxylic acids is 1. The molecular weight excluding hydrogens is 458 g/mol. The molecule has 5 rings (SSSR count). The van der Waals surface area contributed by atoms with Gasteiger partial charge in [-0.1, -0.05) is 54.6 Å². The highest BCUT2D eigenvalue weighted by atomic mass is 32.1. The van der Waals surface area contributed by atoms with Crippen molar-refractivity contribution in [3.63, 3.8) is 0 Å². The first kappa shape index (κ1) is 22.8. The smallest absolute Gasteiger partial charge is 0.265 e. The van der Waals surface area contributed by atoms with Crippen molar-refractivity contribution in [3.8, 4) is 5.75 Å². The van der Waals surface area contributed by atoms with E-state index >= 15 is 0 Å². The van der Waals surface area contributed by atoms with E-state index in [-0.39, 0.29) is 11.5 Å².